The number of oxazole rings is 1. The summed E-state index contributed by atoms with van der Waals surface area (Å²) in [5.74, 6) is 2.30. The molecule has 2 aromatic carbocycles. The first-order valence-corrected chi connectivity index (χ1v) is 11.6. The average molecular weight is 460 g/mol. The van der Waals surface area contributed by atoms with E-state index in [1.165, 1.54) is 0 Å². The fourth-order valence-corrected chi connectivity index (χ4v) is 4.46. The lowest BCUT2D eigenvalue weighted by molar-refractivity contribution is 0.121. The Hall–Kier alpha value is -3.42. The number of hydrogen-bond donors (Lipinski definition) is 0. The highest BCUT2D eigenvalue weighted by atomic mass is 16.5. The van der Waals surface area contributed by atoms with Gasteiger partial charge in [0.1, 0.15) is 17.1 Å². The Bertz CT molecular complexity index is 1350. The van der Waals surface area contributed by atoms with Crippen molar-refractivity contribution in [3.05, 3.63) is 81.5 Å². The minimum Gasteiger partial charge on any atom is -0.497 e. The Morgan fingerprint density at radius 2 is 1.62 bits per heavy atom. The van der Waals surface area contributed by atoms with Crippen LogP contribution in [0.15, 0.2) is 62.2 Å². The van der Waals surface area contributed by atoms with Crippen molar-refractivity contribution < 1.29 is 13.6 Å². The number of hydrogen-bond acceptors (Lipinski definition) is 7. The van der Waals surface area contributed by atoms with Gasteiger partial charge < -0.3 is 13.6 Å². The van der Waals surface area contributed by atoms with Gasteiger partial charge in [-0.1, -0.05) is 12.1 Å². The highest BCUT2D eigenvalue weighted by Crippen LogP contribution is 2.25. The molecule has 0 unspecified atom stereocenters. The summed E-state index contributed by atoms with van der Waals surface area (Å²) in [5.41, 5.74) is 4.39. The summed E-state index contributed by atoms with van der Waals surface area (Å²) in [6.45, 7) is 9.19. The van der Waals surface area contributed by atoms with E-state index in [9.17, 15) is 4.79 Å². The lowest BCUT2D eigenvalue weighted by Crippen LogP contribution is -2.45. The Morgan fingerprint density at radius 1 is 0.912 bits per heavy atom. The lowest BCUT2D eigenvalue weighted by atomic mass is 10.1. The van der Waals surface area contributed by atoms with Crippen LogP contribution in [0, 0.1) is 13.8 Å². The van der Waals surface area contributed by atoms with Crippen LogP contribution in [0.5, 0.6) is 5.75 Å². The second-order valence-corrected chi connectivity index (χ2v) is 8.89. The highest BCUT2D eigenvalue weighted by Gasteiger charge is 2.21. The molecule has 0 spiro atoms. The van der Waals surface area contributed by atoms with Crippen LogP contribution in [-0.4, -0.2) is 48.1 Å². The zero-order chi connectivity index (χ0) is 23.7. The van der Waals surface area contributed by atoms with Crippen molar-refractivity contribution >= 4 is 11.0 Å². The maximum atomic E-state index is 12.1. The van der Waals surface area contributed by atoms with Gasteiger partial charge in [0.2, 0.25) is 5.89 Å². The Labute approximate surface area is 198 Å². The second kappa shape index (κ2) is 9.44. The molecule has 0 bridgehead atoms. The number of aromatic nitrogens is 1. The summed E-state index contributed by atoms with van der Waals surface area (Å²) in [4.78, 5) is 21.6. The smallest absolute Gasteiger partial charge is 0.336 e. The molecule has 0 N–H and O–H groups in total. The van der Waals surface area contributed by atoms with E-state index in [2.05, 4.69) is 15.9 Å². The van der Waals surface area contributed by atoms with Crippen LogP contribution in [0.25, 0.3) is 22.4 Å². The van der Waals surface area contributed by atoms with Crippen molar-refractivity contribution in [2.75, 3.05) is 33.3 Å². The van der Waals surface area contributed by atoms with Crippen LogP contribution in [-0.2, 0) is 13.1 Å². The summed E-state index contributed by atoms with van der Waals surface area (Å²) in [7, 11) is 1.65. The number of ether oxygens (including phenoxy) is 1. The molecule has 5 rings (SSSR count). The van der Waals surface area contributed by atoms with Crippen molar-refractivity contribution in [3.63, 3.8) is 0 Å². The quantitative estimate of drug-likeness (QED) is 0.396. The summed E-state index contributed by atoms with van der Waals surface area (Å²) in [6.07, 6.45) is 0. The minimum absolute atomic E-state index is 0.291. The summed E-state index contributed by atoms with van der Waals surface area (Å²) in [6, 6.07) is 15.4. The minimum atomic E-state index is -0.291. The number of rotatable bonds is 6. The first-order valence-electron chi connectivity index (χ1n) is 11.6. The van der Waals surface area contributed by atoms with Gasteiger partial charge in [0.05, 0.1) is 12.8 Å². The number of piperazine rings is 1. The standard InChI is InChI=1S/C27H29N3O4/c1-18-4-9-23-21(15-26(31)34-25(23)14-18)16-29-10-12-30(13-11-29)17-24-19(2)33-27(28-24)20-5-7-22(32-3)8-6-20/h4-9,14-15H,10-13,16-17H2,1-3H3. The summed E-state index contributed by atoms with van der Waals surface area (Å²) in [5, 5.41) is 1.01. The SMILES string of the molecule is COc1ccc(-c2nc(CN3CCN(Cc4cc(=O)oc5cc(C)ccc45)CC3)c(C)o2)cc1. The third kappa shape index (κ3) is 4.76. The molecule has 0 radical (unpaired) electrons. The van der Waals surface area contributed by atoms with Gasteiger partial charge in [0.25, 0.3) is 0 Å². The number of nitrogens with zero attached hydrogens (tertiary/aromatic N) is 3. The van der Waals surface area contributed by atoms with Crippen LogP contribution in [0.4, 0.5) is 0 Å². The van der Waals surface area contributed by atoms with Gasteiger partial charge in [-0.15, -0.1) is 0 Å². The van der Waals surface area contributed by atoms with E-state index in [1.807, 2.05) is 50.2 Å². The molecule has 1 aliphatic heterocycles. The number of fused-ring (bicyclic) bond motifs is 1. The van der Waals surface area contributed by atoms with E-state index in [1.54, 1.807) is 13.2 Å². The predicted octanol–water partition coefficient (Wildman–Crippen LogP) is 4.39. The normalized spacial score (nSPS) is 15.1. The van der Waals surface area contributed by atoms with Gasteiger partial charge in [-0.3, -0.25) is 9.80 Å². The molecule has 1 fully saturated rings. The first kappa shape index (κ1) is 22.4. The Kier molecular flexibility index (Phi) is 6.22. The molecule has 176 valence electrons. The van der Waals surface area contributed by atoms with Gasteiger partial charge in [0, 0.05) is 56.3 Å². The fourth-order valence-electron chi connectivity index (χ4n) is 4.46. The zero-order valence-corrected chi connectivity index (χ0v) is 19.8. The van der Waals surface area contributed by atoms with E-state index >= 15 is 0 Å². The van der Waals surface area contributed by atoms with Crippen molar-refractivity contribution in [3.8, 4) is 17.2 Å². The van der Waals surface area contributed by atoms with Crippen molar-refractivity contribution in [1.82, 2.24) is 14.8 Å². The molecule has 2 aromatic heterocycles. The van der Waals surface area contributed by atoms with E-state index in [-0.39, 0.29) is 5.63 Å². The van der Waals surface area contributed by atoms with Gasteiger partial charge in [0.15, 0.2) is 0 Å². The molecular formula is C27H29N3O4. The van der Waals surface area contributed by atoms with E-state index in [0.717, 1.165) is 78.5 Å². The maximum absolute atomic E-state index is 12.1. The average Bonchev–Trinajstić information content (AvgIpc) is 3.20. The second-order valence-electron chi connectivity index (χ2n) is 8.89. The van der Waals surface area contributed by atoms with Crippen LogP contribution in [0.3, 0.4) is 0 Å². The number of methoxy groups -OCH3 is 1. The molecule has 1 aliphatic rings. The topological polar surface area (TPSA) is 72.0 Å². The molecule has 3 heterocycles. The fraction of sp³-hybridized carbons (Fsp3) is 0.333. The van der Waals surface area contributed by atoms with Crippen LogP contribution in [0.2, 0.25) is 0 Å². The lowest BCUT2D eigenvalue weighted by Gasteiger charge is -2.34. The molecule has 34 heavy (non-hydrogen) atoms. The molecule has 4 aromatic rings. The van der Waals surface area contributed by atoms with Gasteiger partial charge in [-0.25, -0.2) is 9.78 Å². The third-order valence-electron chi connectivity index (χ3n) is 6.45. The van der Waals surface area contributed by atoms with Crippen LogP contribution >= 0.6 is 0 Å². The van der Waals surface area contributed by atoms with Gasteiger partial charge in [-0.2, -0.15) is 0 Å². The molecule has 0 saturated carbocycles. The monoisotopic (exact) mass is 459 g/mol. The van der Waals surface area contributed by atoms with Crippen LogP contribution < -0.4 is 10.4 Å². The highest BCUT2D eigenvalue weighted by molar-refractivity contribution is 5.80. The molecular weight excluding hydrogens is 430 g/mol. The molecule has 1 saturated heterocycles. The molecule has 0 atom stereocenters. The maximum Gasteiger partial charge on any atom is 0.336 e. The number of aryl methyl sites for hydroxylation is 2. The van der Waals surface area contributed by atoms with E-state index in [0.29, 0.717) is 11.5 Å². The van der Waals surface area contributed by atoms with Crippen molar-refractivity contribution in [2.24, 2.45) is 0 Å². The molecule has 0 aliphatic carbocycles. The zero-order valence-electron chi connectivity index (χ0n) is 19.8. The largest absolute Gasteiger partial charge is 0.497 e. The molecule has 7 nitrogen and oxygen atoms in total. The van der Waals surface area contributed by atoms with Crippen LogP contribution in [0.1, 0.15) is 22.6 Å². The summed E-state index contributed by atoms with van der Waals surface area (Å²) < 4.78 is 16.6. The van der Waals surface area contributed by atoms with Crippen molar-refractivity contribution in [2.45, 2.75) is 26.9 Å². The third-order valence-corrected chi connectivity index (χ3v) is 6.45. The molecule has 7 heteroatoms. The number of benzene rings is 2. The molecule has 0 amide bonds. The van der Waals surface area contributed by atoms with Crippen molar-refractivity contribution in [1.29, 1.82) is 0 Å². The Morgan fingerprint density at radius 3 is 2.32 bits per heavy atom. The summed E-state index contributed by atoms with van der Waals surface area (Å²) >= 11 is 0. The van der Waals surface area contributed by atoms with E-state index in [4.69, 9.17) is 18.6 Å². The predicted molar refractivity (Wildman–Crippen MR) is 131 cm³/mol. The van der Waals surface area contributed by atoms with E-state index < -0.39 is 0 Å². The first-order chi connectivity index (χ1) is 16.5. The Balaban J connectivity index is 1.22. The van der Waals surface area contributed by atoms with Gasteiger partial charge >= 0.3 is 5.63 Å². The van der Waals surface area contributed by atoms with Gasteiger partial charge in [-0.05, 0) is 55.3 Å².